The average Bonchev–Trinajstić information content (AvgIpc) is 3.72. The van der Waals surface area contributed by atoms with E-state index in [1.165, 1.54) is 106 Å². The minimum absolute atomic E-state index is 0.00491. The van der Waals surface area contributed by atoms with Crippen molar-refractivity contribution < 1.29 is 0 Å². The maximum Gasteiger partial charge on any atom is 0.0726 e. The number of hydrogen-bond acceptors (Lipinski definition) is 1. The van der Waals surface area contributed by atoms with Gasteiger partial charge in [-0.3, -0.25) is 0 Å². The SMILES string of the molecule is Cc1cc(C)cc(N(c2ccc3c(c2)-c2ccccc2C3(C)C)c2ccc3c(c2)C2(c4ccccc4-3)c3cc(C(C)(C)C)ccc3-c3ccc(C(C)(C)C)cc32)c1. The van der Waals surface area contributed by atoms with Crippen molar-refractivity contribution in [1.29, 1.82) is 0 Å². The molecule has 7 aromatic rings. The van der Waals surface area contributed by atoms with Gasteiger partial charge in [-0.2, -0.15) is 0 Å². The molecule has 0 fully saturated rings. The summed E-state index contributed by atoms with van der Waals surface area (Å²) < 4.78 is 0. The normalized spacial score (nSPS) is 15.1. The van der Waals surface area contributed by atoms with Gasteiger partial charge in [-0.15, -0.1) is 0 Å². The molecule has 1 heteroatoms. The largest absolute Gasteiger partial charge is 0.310 e. The van der Waals surface area contributed by atoms with Gasteiger partial charge in [0.05, 0.1) is 5.41 Å². The van der Waals surface area contributed by atoms with Crippen LogP contribution in [0.3, 0.4) is 0 Å². The molecule has 0 amide bonds. The van der Waals surface area contributed by atoms with Gasteiger partial charge in [0.25, 0.3) is 0 Å². The molecule has 0 heterocycles. The van der Waals surface area contributed by atoms with Crippen molar-refractivity contribution in [3.8, 4) is 33.4 Å². The molecular formula is C56H53N. The Kier molecular flexibility index (Phi) is 7.48. The van der Waals surface area contributed by atoms with Crippen LogP contribution in [0.4, 0.5) is 17.1 Å². The van der Waals surface area contributed by atoms with Gasteiger partial charge < -0.3 is 4.90 Å². The molecule has 3 aliphatic rings. The van der Waals surface area contributed by atoms with Crippen LogP contribution in [-0.2, 0) is 21.7 Å². The summed E-state index contributed by atoms with van der Waals surface area (Å²) in [6.07, 6.45) is 0. The zero-order valence-electron chi connectivity index (χ0n) is 35.2. The third kappa shape index (κ3) is 5.07. The number of hydrogen-bond donors (Lipinski definition) is 0. The van der Waals surface area contributed by atoms with Crippen LogP contribution in [0.2, 0.25) is 0 Å². The molecule has 0 bridgehead atoms. The van der Waals surface area contributed by atoms with E-state index in [1.807, 2.05) is 0 Å². The van der Waals surface area contributed by atoms with Crippen LogP contribution in [-0.4, -0.2) is 0 Å². The van der Waals surface area contributed by atoms with Crippen LogP contribution in [0.5, 0.6) is 0 Å². The number of fused-ring (bicyclic) bond motifs is 13. The predicted molar refractivity (Wildman–Crippen MR) is 242 cm³/mol. The minimum Gasteiger partial charge on any atom is -0.310 e. The molecule has 0 saturated heterocycles. The van der Waals surface area contributed by atoms with Crippen molar-refractivity contribution in [2.45, 2.75) is 90.9 Å². The van der Waals surface area contributed by atoms with Crippen molar-refractivity contribution in [2.75, 3.05) is 4.90 Å². The summed E-state index contributed by atoms with van der Waals surface area (Å²) in [5.41, 5.74) is 24.6. The van der Waals surface area contributed by atoms with E-state index < -0.39 is 5.41 Å². The molecule has 0 radical (unpaired) electrons. The fraction of sp³-hybridized carbons (Fsp3) is 0.250. The topological polar surface area (TPSA) is 3.24 Å². The van der Waals surface area contributed by atoms with Gasteiger partial charge in [-0.25, -0.2) is 0 Å². The van der Waals surface area contributed by atoms with E-state index in [-0.39, 0.29) is 16.2 Å². The number of anilines is 3. The highest BCUT2D eigenvalue weighted by molar-refractivity contribution is 5.97. The lowest BCUT2D eigenvalue weighted by Crippen LogP contribution is -2.27. The maximum absolute atomic E-state index is 2.55. The van der Waals surface area contributed by atoms with E-state index in [1.54, 1.807) is 0 Å². The molecule has 57 heavy (non-hydrogen) atoms. The monoisotopic (exact) mass is 739 g/mol. The van der Waals surface area contributed by atoms with Crippen LogP contribution in [0.25, 0.3) is 33.4 Å². The Labute approximate surface area is 340 Å². The summed E-state index contributed by atoms with van der Waals surface area (Å²) >= 11 is 0. The van der Waals surface area contributed by atoms with E-state index in [0.717, 1.165) is 0 Å². The Hall–Kier alpha value is -5.66. The van der Waals surface area contributed by atoms with Gasteiger partial charge in [0.2, 0.25) is 0 Å². The summed E-state index contributed by atoms with van der Waals surface area (Å²) in [6.45, 7) is 23.2. The zero-order chi connectivity index (χ0) is 39.8. The molecule has 3 aliphatic carbocycles. The molecular weight excluding hydrogens is 687 g/mol. The molecule has 0 saturated carbocycles. The number of rotatable bonds is 3. The maximum atomic E-state index is 2.55. The molecule has 10 rings (SSSR count). The second-order valence-corrected chi connectivity index (χ2v) is 19.6. The fourth-order valence-electron chi connectivity index (χ4n) is 10.6. The first-order chi connectivity index (χ1) is 27.1. The lowest BCUT2D eigenvalue weighted by atomic mass is 9.68. The Morgan fingerprint density at radius 1 is 0.368 bits per heavy atom. The predicted octanol–water partition coefficient (Wildman–Crippen LogP) is 15.0. The summed E-state index contributed by atoms with van der Waals surface area (Å²) in [5, 5.41) is 0. The highest BCUT2D eigenvalue weighted by Crippen LogP contribution is 2.64. The van der Waals surface area contributed by atoms with Crippen molar-refractivity contribution in [3.05, 3.63) is 195 Å². The summed E-state index contributed by atoms with van der Waals surface area (Å²) in [4.78, 5) is 2.51. The average molecular weight is 740 g/mol. The van der Waals surface area contributed by atoms with Gasteiger partial charge in [-0.1, -0.05) is 159 Å². The van der Waals surface area contributed by atoms with Crippen LogP contribution in [0.1, 0.15) is 111 Å². The van der Waals surface area contributed by atoms with E-state index in [2.05, 4.69) is 214 Å². The highest BCUT2D eigenvalue weighted by Gasteiger charge is 2.52. The van der Waals surface area contributed by atoms with Gasteiger partial charge >= 0.3 is 0 Å². The van der Waals surface area contributed by atoms with E-state index >= 15 is 0 Å². The van der Waals surface area contributed by atoms with Crippen LogP contribution in [0, 0.1) is 13.8 Å². The van der Waals surface area contributed by atoms with Crippen LogP contribution >= 0.6 is 0 Å². The Morgan fingerprint density at radius 3 is 1.39 bits per heavy atom. The summed E-state index contributed by atoms with van der Waals surface area (Å²) in [7, 11) is 0. The quantitative estimate of drug-likeness (QED) is 0.174. The van der Waals surface area contributed by atoms with E-state index in [9.17, 15) is 0 Å². The first-order valence-electron chi connectivity index (χ1n) is 20.8. The van der Waals surface area contributed by atoms with Gasteiger partial charge in [0, 0.05) is 22.5 Å². The first kappa shape index (κ1) is 35.7. The fourth-order valence-corrected chi connectivity index (χ4v) is 10.6. The number of benzene rings is 7. The van der Waals surface area contributed by atoms with Gasteiger partial charge in [0.15, 0.2) is 0 Å². The molecule has 0 aliphatic heterocycles. The minimum atomic E-state index is -0.468. The molecule has 0 aromatic heterocycles. The van der Waals surface area contributed by atoms with Crippen LogP contribution in [0.15, 0.2) is 140 Å². The molecule has 0 atom stereocenters. The summed E-state index contributed by atoms with van der Waals surface area (Å²) in [6, 6.07) is 54.3. The molecule has 7 aromatic carbocycles. The third-order valence-electron chi connectivity index (χ3n) is 13.4. The van der Waals surface area contributed by atoms with Crippen molar-refractivity contribution in [3.63, 3.8) is 0 Å². The highest BCUT2D eigenvalue weighted by atomic mass is 15.1. The summed E-state index contributed by atoms with van der Waals surface area (Å²) in [5.74, 6) is 0. The molecule has 282 valence electrons. The third-order valence-corrected chi connectivity index (χ3v) is 13.4. The van der Waals surface area contributed by atoms with Crippen LogP contribution < -0.4 is 4.90 Å². The lowest BCUT2D eigenvalue weighted by molar-refractivity contribution is 0.586. The Bertz CT molecular complexity index is 2730. The Morgan fingerprint density at radius 2 is 0.807 bits per heavy atom. The second-order valence-electron chi connectivity index (χ2n) is 19.6. The van der Waals surface area contributed by atoms with Crippen molar-refractivity contribution in [2.24, 2.45) is 0 Å². The Balaban J connectivity index is 1.28. The second kappa shape index (κ2) is 11.9. The molecule has 1 nitrogen and oxygen atoms in total. The van der Waals surface area contributed by atoms with Crippen molar-refractivity contribution in [1.82, 2.24) is 0 Å². The number of aryl methyl sites for hydroxylation is 2. The number of nitrogens with zero attached hydrogens (tertiary/aromatic N) is 1. The lowest BCUT2D eigenvalue weighted by Gasteiger charge is -2.34. The van der Waals surface area contributed by atoms with Gasteiger partial charge in [-0.05, 0) is 150 Å². The van der Waals surface area contributed by atoms with E-state index in [0.29, 0.717) is 0 Å². The smallest absolute Gasteiger partial charge is 0.0726 e. The molecule has 0 N–H and O–H groups in total. The molecule has 0 unspecified atom stereocenters. The van der Waals surface area contributed by atoms with Crippen molar-refractivity contribution >= 4 is 17.1 Å². The molecule has 1 spiro atoms. The zero-order valence-corrected chi connectivity index (χ0v) is 35.2. The van der Waals surface area contributed by atoms with Gasteiger partial charge in [0.1, 0.15) is 0 Å². The van der Waals surface area contributed by atoms with E-state index in [4.69, 9.17) is 0 Å². The standard InChI is InChI=1S/C56H53N/c1-34-27-35(2)29-40(28-34)57(38-22-26-48-46(32-38)42-16-11-13-17-47(42)55(48,9)10)39-21-25-45-41-15-12-14-18-49(41)56(52(45)33-39)50-30-36(53(3,4)5)19-23-43(50)44-24-20-37(31-51(44)56)54(6,7)8/h11-33H,1-10H3. The first-order valence-corrected chi connectivity index (χ1v) is 20.8.